The minimum Gasteiger partial charge on any atom is -0.355 e. The molecule has 2 aromatic carbocycles. The van der Waals surface area contributed by atoms with E-state index < -0.39 is 0 Å². The predicted molar refractivity (Wildman–Crippen MR) is 127 cm³/mol. The van der Waals surface area contributed by atoms with Crippen molar-refractivity contribution in [2.75, 3.05) is 19.0 Å². The first-order valence-corrected chi connectivity index (χ1v) is 10.6. The fraction of sp³-hybridized carbons (Fsp3) is 0.192. The van der Waals surface area contributed by atoms with E-state index in [1.54, 1.807) is 18.1 Å². The minimum atomic E-state index is -0.0962. The maximum Gasteiger partial charge on any atom is 0.257 e. The van der Waals surface area contributed by atoms with Crippen LogP contribution in [0.2, 0.25) is 0 Å². The summed E-state index contributed by atoms with van der Waals surface area (Å²) in [5.41, 5.74) is 4.54. The van der Waals surface area contributed by atoms with Gasteiger partial charge in [-0.05, 0) is 24.6 Å². The Bertz CT molecular complexity index is 1190. The second-order valence-corrected chi connectivity index (χ2v) is 7.95. The number of H-pyrrole nitrogens is 1. The number of carbonyl (C=O) groups is 1. The average molecular weight is 426 g/mol. The number of imidazole rings is 1. The van der Waals surface area contributed by atoms with E-state index in [-0.39, 0.29) is 5.91 Å². The van der Waals surface area contributed by atoms with Crippen molar-refractivity contribution in [1.82, 2.24) is 19.9 Å². The fourth-order valence-electron chi connectivity index (χ4n) is 3.66. The van der Waals surface area contributed by atoms with Crippen LogP contribution >= 0.6 is 0 Å². The Labute approximate surface area is 188 Å². The number of anilines is 1. The molecule has 0 aliphatic heterocycles. The first kappa shape index (κ1) is 21.3. The van der Waals surface area contributed by atoms with Crippen molar-refractivity contribution in [3.8, 4) is 11.3 Å². The van der Waals surface area contributed by atoms with Crippen molar-refractivity contribution in [3.63, 3.8) is 0 Å². The monoisotopic (exact) mass is 425 g/mol. The molecule has 4 rings (SSSR count). The van der Waals surface area contributed by atoms with Crippen LogP contribution in [0.25, 0.3) is 11.3 Å². The summed E-state index contributed by atoms with van der Waals surface area (Å²) in [5.74, 6) is 1.31. The lowest BCUT2D eigenvalue weighted by Gasteiger charge is -2.24. The Kier molecular flexibility index (Phi) is 6.31. The molecular formula is C26H27N5O. The molecule has 4 aromatic rings. The molecule has 0 bridgehead atoms. The molecule has 162 valence electrons. The van der Waals surface area contributed by atoms with E-state index in [0.29, 0.717) is 24.5 Å². The Balaban J connectivity index is 1.67. The molecule has 1 amide bonds. The molecule has 32 heavy (non-hydrogen) atoms. The minimum absolute atomic E-state index is 0.0962. The van der Waals surface area contributed by atoms with Crippen molar-refractivity contribution in [3.05, 3.63) is 102 Å². The number of carbonyl (C=O) groups excluding carboxylic acids is 1. The van der Waals surface area contributed by atoms with Crippen LogP contribution in [0, 0.1) is 6.92 Å². The molecule has 0 aliphatic carbocycles. The van der Waals surface area contributed by atoms with Gasteiger partial charge in [0.1, 0.15) is 11.6 Å². The molecule has 2 aromatic heterocycles. The molecule has 0 aliphatic rings. The molecule has 0 radical (unpaired) electrons. The molecule has 0 unspecified atom stereocenters. The topological polar surface area (TPSA) is 65.1 Å². The van der Waals surface area contributed by atoms with Gasteiger partial charge in [0.25, 0.3) is 5.91 Å². The number of aromatic amines is 1. The van der Waals surface area contributed by atoms with Crippen LogP contribution in [0.4, 0.5) is 5.82 Å². The third-order valence-electron chi connectivity index (χ3n) is 5.29. The zero-order valence-corrected chi connectivity index (χ0v) is 18.6. The van der Waals surface area contributed by atoms with Gasteiger partial charge >= 0.3 is 0 Å². The van der Waals surface area contributed by atoms with Gasteiger partial charge < -0.3 is 14.8 Å². The number of rotatable bonds is 7. The number of aryl methyl sites for hydroxylation is 1. The van der Waals surface area contributed by atoms with Crippen molar-refractivity contribution >= 4 is 11.7 Å². The number of nitrogens with zero attached hydrogens (tertiary/aromatic N) is 4. The standard InChI is InChI=1S/C26H27N5O/c1-19-16-27-24(28-19)18-31(3)26(32)22-14-15-23(21-12-8-5-9-13-21)29-25(22)30(2)17-20-10-6-4-7-11-20/h4-16H,17-18H2,1-3H3,(H,27,28). The highest BCUT2D eigenvalue weighted by Crippen LogP contribution is 2.26. The molecule has 0 fully saturated rings. The Morgan fingerprint density at radius 3 is 2.25 bits per heavy atom. The van der Waals surface area contributed by atoms with E-state index >= 15 is 0 Å². The van der Waals surface area contributed by atoms with Gasteiger partial charge in [-0.3, -0.25) is 4.79 Å². The van der Waals surface area contributed by atoms with E-state index in [9.17, 15) is 4.79 Å². The van der Waals surface area contributed by atoms with Crippen molar-refractivity contribution in [1.29, 1.82) is 0 Å². The van der Waals surface area contributed by atoms with Gasteiger partial charge in [-0.15, -0.1) is 0 Å². The molecule has 6 nitrogen and oxygen atoms in total. The third kappa shape index (κ3) is 4.86. The summed E-state index contributed by atoms with van der Waals surface area (Å²) in [4.78, 5) is 29.5. The third-order valence-corrected chi connectivity index (χ3v) is 5.29. The van der Waals surface area contributed by atoms with E-state index in [0.717, 1.165) is 28.3 Å². The lowest BCUT2D eigenvalue weighted by Crippen LogP contribution is -2.29. The predicted octanol–water partition coefficient (Wildman–Crippen LogP) is 4.69. The maximum atomic E-state index is 13.4. The van der Waals surface area contributed by atoms with Crippen LogP contribution in [0.5, 0.6) is 0 Å². The average Bonchev–Trinajstić information content (AvgIpc) is 3.23. The van der Waals surface area contributed by atoms with Gasteiger partial charge in [-0.2, -0.15) is 0 Å². The van der Waals surface area contributed by atoms with Crippen molar-refractivity contribution < 1.29 is 4.79 Å². The Morgan fingerprint density at radius 1 is 0.906 bits per heavy atom. The van der Waals surface area contributed by atoms with Gasteiger partial charge in [-0.1, -0.05) is 60.7 Å². The largest absolute Gasteiger partial charge is 0.355 e. The maximum absolute atomic E-state index is 13.4. The summed E-state index contributed by atoms with van der Waals surface area (Å²) in [7, 11) is 3.75. The Morgan fingerprint density at radius 2 is 1.59 bits per heavy atom. The second kappa shape index (κ2) is 9.47. The Hall–Kier alpha value is -3.93. The molecule has 0 spiro atoms. The van der Waals surface area contributed by atoms with Crippen LogP contribution in [-0.2, 0) is 13.1 Å². The van der Waals surface area contributed by atoms with E-state index in [1.165, 1.54) is 0 Å². The molecule has 0 atom stereocenters. The molecule has 2 heterocycles. The number of hydrogen-bond acceptors (Lipinski definition) is 4. The van der Waals surface area contributed by atoms with Crippen LogP contribution in [0.15, 0.2) is 79.0 Å². The first-order chi connectivity index (χ1) is 15.5. The number of aromatic nitrogens is 3. The van der Waals surface area contributed by atoms with Crippen LogP contribution < -0.4 is 4.90 Å². The van der Waals surface area contributed by atoms with Gasteiger partial charge in [0, 0.05) is 38.1 Å². The van der Waals surface area contributed by atoms with Crippen molar-refractivity contribution in [2.24, 2.45) is 0 Å². The van der Waals surface area contributed by atoms with Gasteiger partial charge in [0.15, 0.2) is 0 Å². The summed E-state index contributed by atoms with van der Waals surface area (Å²) in [6, 6.07) is 24.0. The highest BCUT2D eigenvalue weighted by molar-refractivity contribution is 5.99. The van der Waals surface area contributed by atoms with E-state index in [4.69, 9.17) is 4.98 Å². The SMILES string of the molecule is Cc1cnc(CN(C)C(=O)c2ccc(-c3ccccc3)nc2N(C)Cc2ccccc2)[nH]1. The lowest BCUT2D eigenvalue weighted by atomic mass is 10.1. The summed E-state index contributed by atoms with van der Waals surface area (Å²) < 4.78 is 0. The number of nitrogens with one attached hydrogen (secondary N) is 1. The summed E-state index contributed by atoms with van der Waals surface area (Å²) in [6.45, 7) is 2.99. The lowest BCUT2D eigenvalue weighted by molar-refractivity contribution is 0.0782. The molecule has 0 saturated carbocycles. The molecular weight excluding hydrogens is 398 g/mol. The molecule has 0 saturated heterocycles. The molecule has 6 heteroatoms. The smallest absolute Gasteiger partial charge is 0.257 e. The number of benzene rings is 2. The highest BCUT2D eigenvalue weighted by atomic mass is 16.2. The van der Waals surface area contributed by atoms with E-state index in [2.05, 4.69) is 22.1 Å². The second-order valence-electron chi connectivity index (χ2n) is 7.95. The number of pyridine rings is 1. The summed E-state index contributed by atoms with van der Waals surface area (Å²) in [5, 5.41) is 0. The van der Waals surface area contributed by atoms with Gasteiger partial charge in [0.05, 0.1) is 17.8 Å². The number of amides is 1. The van der Waals surface area contributed by atoms with Crippen LogP contribution in [0.3, 0.4) is 0 Å². The number of hydrogen-bond donors (Lipinski definition) is 1. The van der Waals surface area contributed by atoms with Crippen molar-refractivity contribution in [2.45, 2.75) is 20.0 Å². The van der Waals surface area contributed by atoms with Crippen LogP contribution in [0.1, 0.15) is 27.4 Å². The summed E-state index contributed by atoms with van der Waals surface area (Å²) >= 11 is 0. The normalized spacial score (nSPS) is 10.7. The highest BCUT2D eigenvalue weighted by Gasteiger charge is 2.21. The zero-order valence-electron chi connectivity index (χ0n) is 18.6. The van der Waals surface area contributed by atoms with Crippen LogP contribution in [-0.4, -0.2) is 39.9 Å². The first-order valence-electron chi connectivity index (χ1n) is 10.6. The fourth-order valence-corrected chi connectivity index (χ4v) is 3.66. The van der Waals surface area contributed by atoms with E-state index in [1.807, 2.05) is 79.5 Å². The van der Waals surface area contributed by atoms with Gasteiger partial charge in [-0.25, -0.2) is 9.97 Å². The van der Waals surface area contributed by atoms with Gasteiger partial charge in [0.2, 0.25) is 0 Å². The summed E-state index contributed by atoms with van der Waals surface area (Å²) in [6.07, 6.45) is 1.77. The molecule has 1 N–H and O–H groups in total. The quantitative estimate of drug-likeness (QED) is 0.467. The zero-order chi connectivity index (χ0) is 22.5.